The standard InChI is InChI=1S/C14H16N4O4S/c1-15-13(20)16-11(19)8-23-14-18-17-12(22-14)7-9-3-5-10(21-2)6-4-9/h3-6H,7-8H2,1-2H3,(H2,15,16,19,20). The second-order valence-electron chi connectivity index (χ2n) is 4.40. The monoisotopic (exact) mass is 336 g/mol. The van der Waals surface area contributed by atoms with Gasteiger partial charge in [-0.3, -0.25) is 10.1 Å². The molecule has 0 radical (unpaired) electrons. The summed E-state index contributed by atoms with van der Waals surface area (Å²) in [7, 11) is 3.04. The maximum absolute atomic E-state index is 11.4. The summed E-state index contributed by atoms with van der Waals surface area (Å²) < 4.78 is 10.5. The molecule has 1 aromatic carbocycles. The summed E-state index contributed by atoms with van der Waals surface area (Å²) in [6.45, 7) is 0. The Morgan fingerprint density at radius 3 is 2.65 bits per heavy atom. The Hall–Kier alpha value is -2.55. The summed E-state index contributed by atoms with van der Waals surface area (Å²) in [5, 5.41) is 12.5. The molecule has 1 heterocycles. The predicted octanol–water partition coefficient (Wildman–Crippen LogP) is 1.22. The Balaban J connectivity index is 1.85. The average Bonchev–Trinajstić information content (AvgIpc) is 3.01. The van der Waals surface area contributed by atoms with Crippen LogP contribution in [0.1, 0.15) is 11.5 Å². The molecule has 0 saturated heterocycles. The molecular weight excluding hydrogens is 320 g/mol. The first kappa shape index (κ1) is 16.8. The van der Waals surface area contributed by atoms with Gasteiger partial charge in [0.25, 0.3) is 5.22 Å². The number of nitrogens with one attached hydrogen (secondary N) is 2. The van der Waals surface area contributed by atoms with Crippen LogP contribution in [0.15, 0.2) is 33.9 Å². The number of rotatable bonds is 6. The van der Waals surface area contributed by atoms with Crippen molar-refractivity contribution in [3.63, 3.8) is 0 Å². The Kier molecular flexibility index (Phi) is 5.98. The van der Waals surface area contributed by atoms with E-state index in [1.165, 1.54) is 7.05 Å². The minimum absolute atomic E-state index is 0.0115. The van der Waals surface area contributed by atoms with E-state index in [4.69, 9.17) is 9.15 Å². The lowest BCUT2D eigenvalue weighted by Crippen LogP contribution is -2.38. The lowest BCUT2D eigenvalue weighted by molar-refractivity contribution is -0.117. The second-order valence-corrected chi connectivity index (χ2v) is 5.33. The van der Waals surface area contributed by atoms with Gasteiger partial charge in [0, 0.05) is 7.05 Å². The van der Waals surface area contributed by atoms with Crippen LogP contribution >= 0.6 is 11.8 Å². The molecule has 0 unspecified atom stereocenters. The van der Waals surface area contributed by atoms with Crippen molar-refractivity contribution in [3.8, 4) is 5.75 Å². The summed E-state index contributed by atoms with van der Waals surface area (Å²) in [5.74, 6) is 0.795. The van der Waals surface area contributed by atoms with Crippen LogP contribution in [-0.2, 0) is 11.2 Å². The van der Waals surface area contributed by atoms with Gasteiger partial charge in [-0.1, -0.05) is 23.9 Å². The zero-order chi connectivity index (χ0) is 16.7. The van der Waals surface area contributed by atoms with Crippen LogP contribution in [0, 0.1) is 0 Å². The number of hydrogen-bond acceptors (Lipinski definition) is 7. The van der Waals surface area contributed by atoms with E-state index in [1.807, 2.05) is 24.3 Å². The molecule has 0 spiro atoms. The van der Waals surface area contributed by atoms with Crippen LogP contribution in [-0.4, -0.2) is 42.0 Å². The van der Waals surface area contributed by atoms with E-state index in [-0.39, 0.29) is 11.0 Å². The molecule has 0 aliphatic rings. The Bertz CT molecular complexity index is 672. The van der Waals surface area contributed by atoms with E-state index in [9.17, 15) is 9.59 Å². The summed E-state index contributed by atoms with van der Waals surface area (Å²) in [4.78, 5) is 22.4. The van der Waals surface area contributed by atoms with Gasteiger partial charge in [0.2, 0.25) is 11.8 Å². The number of aromatic nitrogens is 2. The van der Waals surface area contributed by atoms with E-state index in [0.717, 1.165) is 23.1 Å². The van der Waals surface area contributed by atoms with E-state index in [1.54, 1.807) is 7.11 Å². The number of amides is 3. The molecule has 1 aromatic heterocycles. The smallest absolute Gasteiger partial charge is 0.321 e. The molecule has 122 valence electrons. The van der Waals surface area contributed by atoms with Gasteiger partial charge >= 0.3 is 6.03 Å². The Morgan fingerprint density at radius 1 is 1.26 bits per heavy atom. The van der Waals surface area contributed by atoms with Crippen molar-refractivity contribution in [2.75, 3.05) is 19.9 Å². The molecule has 0 fully saturated rings. The van der Waals surface area contributed by atoms with Crippen LogP contribution < -0.4 is 15.4 Å². The van der Waals surface area contributed by atoms with E-state index in [0.29, 0.717) is 12.3 Å². The lowest BCUT2D eigenvalue weighted by Gasteiger charge is -2.01. The van der Waals surface area contributed by atoms with Crippen LogP contribution in [0.2, 0.25) is 0 Å². The number of benzene rings is 1. The fraction of sp³-hybridized carbons (Fsp3) is 0.286. The van der Waals surface area contributed by atoms with Gasteiger partial charge in [0.05, 0.1) is 19.3 Å². The van der Waals surface area contributed by atoms with Crippen molar-refractivity contribution in [3.05, 3.63) is 35.7 Å². The van der Waals surface area contributed by atoms with Gasteiger partial charge in [-0.2, -0.15) is 0 Å². The summed E-state index contributed by atoms with van der Waals surface area (Å²) >= 11 is 1.07. The average molecular weight is 336 g/mol. The van der Waals surface area contributed by atoms with Crippen LogP contribution in [0.4, 0.5) is 4.79 Å². The van der Waals surface area contributed by atoms with E-state index in [2.05, 4.69) is 20.8 Å². The fourth-order valence-corrected chi connectivity index (χ4v) is 2.22. The first-order chi connectivity index (χ1) is 11.1. The second kappa shape index (κ2) is 8.18. The Morgan fingerprint density at radius 2 is 2.00 bits per heavy atom. The first-order valence-corrected chi connectivity index (χ1v) is 7.69. The normalized spacial score (nSPS) is 10.2. The lowest BCUT2D eigenvalue weighted by atomic mass is 10.1. The molecule has 0 aliphatic heterocycles. The molecular formula is C14H16N4O4S. The van der Waals surface area contributed by atoms with Crippen LogP contribution in [0.25, 0.3) is 0 Å². The number of carbonyl (C=O) groups excluding carboxylic acids is 2. The molecule has 9 heteroatoms. The van der Waals surface area contributed by atoms with Crippen molar-refractivity contribution in [1.29, 1.82) is 0 Å². The van der Waals surface area contributed by atoms with E-state index < -0.39 is 11.9 Å². The number of imide groups is 1. The molecule has 0 atom stereocenters. The van der Waals surface area contributed by atoms with Gasteiger partial charge in [-0.05, 0) is 17.7 Å². The predicted molar refractivity (Wildman–Crippen MR) is 83.4 cm³/mol. The number of methoxy groups -OCH3 is 1. The van der Waals surface area contributed by atoms with Gasteiger partial charge < -0.3 is 14.5 Å². The number of urea groups is 1. The number of thioether (sulfide) groups is 1. The quantitative estimate of drug-likeness (QED) is 0.764. The third kappa shape index (κ3) is 5.29. The highest BCUT2D eigenvalue weighted by atomic mass is 32.2. The molecule has 2 rings (SSSR count). The highest BCUT2D eigenvalue weighted by Crippen LogP contribution is 2.18. The minimum Gasteiger partial charge on any atom is -0.497 e. The van der Waals surface area contributed by atoms with Gasteiger partial charge in [-0.15, -0.1) is 10.2 Å². The molecule has 2 aromatic rings. The van der Waals surface area contributed by atoms with Crippen molar-refractivity contribution in [2.24, 2.45) is 0 Å². The molecule has 2 N–H and O–H groups in total. The van der Waals surface area contributed by atoms with Crippen molar-refractivity contribution in [2.45, 2.75) is 11.6 Å². The molecule has 0 bridgehead atoms. The molecule has 0 saturated carbocycles. The maximum atomic E-state index is 11.4. The number of ether oxygens (including phenoxy) is 1. The number of hydrogen-bond donors (Lipinski definition) is 2. The Labute approximate surface area is 137 Å². The van der Waals surface area contributed by atoms with Crippen LogP contribution in [0.3, 0.4) is 0 Å². The SMILES string of the molecule is CNC(=O)NC(=O)CSc1nnc(Cc2ccc(OC)cc2)o1. The summed E-state index contributed by atoms with van der Waals surface area (Å²) in [5.41, 5.74) is 1.00. The molecule has 23 heavy (non-hydrogen) atoms. The first-order valence-electron chi connectivity index (χ1n) is 6.70. The third-order valence-electron chi connectivity index (χ3n) is 2.77. The third-order valence-corrected chi connectivity index (χ3v) is 3.59. The number of carbonyl (C=O) groups is 2. The maximum Gasteiger partial charge on any atom is 0.321 e. The summed E-state index contributed by atoms with van der Waals surface area (Å²) in [6, 6.07) is 6.97. The van der Waals surface area contributed by atoms with E-state index >= 15 is 0 Å². The highest BCUT2D eigenvalue weighted by Gasteiger charge is 2.11. The highest BCUT2D eigenvalue weighted by molar-refractivity contribution is 7.99. The van der Waals surface area contributed by atoms with Crippen molar-refractivity contribution < 1.29 is 18.7 Å². The number of nitrogens with zero attached hydrogens (tertiary/aromatic N) is 2. The zero-order valence-corrected chi connectivity index (χ0v) is 13.5. The molecule has 8 nitrogen and oxygen atoms in total. The van der Waals surface area contributed by atoms with Gasteiger partial charge in [-0.25, -0.2) is 4.79 Å². The molecule has 3 amide bonds. The zero-order valence-electron chi connectivity index (χ0n) is 12.7. The summed E-state index contributed by atoms with van der Waals surface area (Å²) in [6.07, 6.45) is 0.488. The molecule has 0 aliphatic carbocycles. The van der Waals surface area contributed by atoms with Gasteiger partial charge in [0.15, 0.2) is 0 Å². The largest absolute Gasteiger partial charge is 0.497 e. The topological polar surface area (TPSA) is 106 Å². The van der Waals surface area contributed by atoms with Crippen molar-refractivity contribution >= 4 is 23.7 Å². The van der Waals surface area contributed by atoms with Gasteiger partial charge in [0.1, 0.15) is 5.75 Å². The van der Waals surface area contributed by atoms with Crippen molar-refractivity contribution in [1.82, 2.24) is 20.8 Å². The minimum atomic E-state index is -0.554. The van der Waals surface area contributed by atoms with Crippen LogP contribution in [0.5, 0.6) is 5.75 Å². The fourth-order valence-electron chi connectivity index (χ4n) is 1.64.